The number of amides is 3. The van der Waals surface area contributed by atoms with Crippen molar-refractivity contribution in [3.8, 4) is 0 Å². The maximum atomic E-state index is 12.2. The molecule has 4 N–H and O–H groups in total. The topological polar surface area (TPSA) is 113 Å². The van der Waals surface area contributed by atoms with Crippen LogP contribution in [0.15, 0.2) is 17.5 Å². The van der Waals surface area contributed by atoms with Crippen LogP contribution in [0.4, 0.5) is 4.79 Å². The number of urea groups is 1. The lowest BCUT2D eigenvalue weighted by Gasteiger charge is -2.20. The number of hydrogen-bond donors (Lipinski definition) is 3. The molecule has 2 heterocycles. The number of primary amides is 1. The number of carboxylic acid groups (broad SMARTS) is 1. The number of nitrogens with one attached hydrogen (secondary N) is 1. The number of aliphatic carboxylic acids is 1. The van der Waals surface area contributed by atoms with Crippen molar-refractivity contribution in [2.75, 3.05) is 13.1 Å². The predicted molar refractivity (Wildman–Crippen MR) is 76.7 cm³/mol. The highest BCUT2D eigenvalue weighted by Gasteiger charge is 2.32. The minimum absolute atomic E-state index is 0.0792. The molecule has 21 heavy (non-hydrogen) atoms. The van der Waals surface area contributed by atoms with E-state index in [1.54, 1.807) is 0 Å². The smallest absolute Gasteiger partial charge is 0.312 e. The third kappa shape index (κ3) is 3.94. The largest absolute Gasteiger partial charge is 0.481 e. The van der Waals surface area contributed by atoms with Crippen molar-refractivity contribution < 1.29 is 19.5 Å². The van der Waals surface area contributed by atoms with Gasteiger partial charge in [0.15, 0.2) is 0 Å². The lowest BCUT2D eigenvalue weighted by molar-refractivity contribution is -0.141. The molecule has 3 amide bonds. The average Bonchev–Trinajstić information content (AvgIpc) is 3.09. The van der Waals surface area contributed by atoms with Crippen molar-refractivity contribution in [3.05, 3.63) is 22.4 Å². The van der Waals surface area contributed by atoms with Crippen molar-refractivity contribution in [3.63, 3.8) is 0 Å². The number of nitrogens with two attached hydrogens (primary N) is 1. The van der Waals surface area contributed by atoms with Crippen molar-refractivity contribution >= 4 is 29.2 Å². The highest BCUT2D eigenvalue weighted by Crippen LogP contribution is 2.24. The van der Waals surface area contributed by atoms with Crippen LogP contribution >= 0.6 is 11.3 Å². The molecule has 114 valence electrons. The van der Waals surface area contributed by atoms with Gasteiger partial charge in [0, 0.05) is 18.0 Å². The molecule has 1 aliphatic heterocycles. The molecule has 0 aliphatic carbocycles. The summed E-state index contributed by atoms with van der Waals surface area (Å²) in [7, 11) is 0. The van der Waals surface area contributed by atoms with Gasteiger partial charge in [-0.1, -0.05) is 6.07 Å². The van der Waals surface area contributed by atoms with Gasteiger partial charge >= 0.3 is 12.0 Å². The van der Waals surface area contributed by atoms with Crippen LogP contribution in [0.5, 0.6) is 0 Å². The summed E-state index contributed by atoms with van der Waals surface area (Å²) in [5.41, 5.74) is 5.14. The second kappa shape index (κ2) is 6.57. The van der Waals surface area contributed by atoms with Gasteiger partial charge in [0.25, 0.3) is 0 Å². The van der Waals surface area contributed by atoms with E-state index in [1.807, 2.05) is 17.5 Å². The molecule has 2 unspecified atom stereocenters. The average molecular weight is 311 g/mol. The highest BCUT2D eigenvalue weighted by molar-refractivity contribution is 7.10. The van der Waals surface area contributed by atoms with Crippen molar-refractivity contribution in [1.29, 1.82) is 0 Å². The van der Waals surface area contributed by atoms with E-state index in [9.17, 15) is 14.4 Å². The Labute approximate surface area is 125 Å². The molecule has 1 aliphatic rings. The standard InChI is InChI=1S/C13H17N3O4S/c14-13(20)15-9(10-2-1-5-21-10)6-11(17)16-4-3-8(7-16)12(18)19/h1-2,5,8-9H,3-4,6-7H2,(H,18,19)(H3,14,15,20). The summed E-state index contributed by atoms with van der Waals surface area (Å²) >= 11 is 1.43. The number of likely N-dealkylation sites (tertiary alicyclic amines) is 1. The molecule has 1 aromatic heterocycles. The minimum atomic E-state index is -0.879. The molecule has 0 spiro atoms. The molecule has 0 saturated carbocycles. The van der Waals surface area contributed by atoms with Crippen LogP contribution in [0.3, 0.4) is 0 Å². The quantitative estimate of drug-likeness (QED) is 0.745. The molecule has 7 nitrogen and oxygen atoms in total. The highest BCUT2D eigenvalue weighted by atomic mass is 32.1. The third-order valence-electron chi connectivity index (χ3n) is 3.47. The van der Waals surface area contributed by atoms with Crippen LogP contribution in [0.1, 0.15) is 23.8 Å². The molecule has 8 heteroatoms. The number of nitrogens with zero attached hydrogens (tertiary/aromatic N) is 1. The Bertz CT molecular complexity index is 532. The van der Waals surface area contributed by atoms with Crippen LogP contribution < -0.4 is 11.1 Å². The van der Waals surface area contributed by atoms with Gasteiger partial charge in [0.2, 0.25) is 5.91 Å². The monoisotopic (exact) mass is 311 g/mol. The summed E-state index contributed by atoms with van der Waals surface area (Å²) in [6, 6.07) is 2.49. The van der Waals surface area contributed by atoms with Gasteiger partial charge in [-0.3, -0.25) is 9.59 Å². The molecular weight excluding hydrogens is 294 g/mol. The molecule has 1 aromatic rings. The van der Waals surface area contributed by atoms with E-state index in [2.05, 4.69) is 5.32 Å². The molecule has 1 fully saturated rings. The van der Waals surface area contributed by atoms with E-state index in [-0.39, 0.29) is 18.9 Å². The molecular formula is C13H17N3O4S. The van der Waals surface area contributed by atoms with Gasteiger partial charge < -0.3 is 21.1 Å². The van der Waals surface area contributed by atoms with Crippen molar-refractivity contribution in [2.45, 2.75) is 18.9 Å². The van der Waals surface area contributed by atoms with E-state index in [0.717, 1.165) is 4.88 Å². The maximum Gasteiger partial charge on any atom is 0.312 e. The van der Waals surface area contributed by atoms with Gasteiger partial charge in [0.05, 0.1) is 18.4 Å². The molecule has 2 rings (SSSR count). The first kappa shape index (κ1) is 15.3. The summed E-state index contributed by atoms with van der Waals surface area (Å²) < 4.78 is 0. The first-order valence-corrected chi connectivity index (χ1v) is 7.45. The zero-order valence-electron chi connectivity index (χ0n) is 11.3. The summed E-state index contributed by atoms with van der Waals surface area (Å²) in [5.74, 6) is -1.56. The number of hydrogen-bond acceptors (Lipinski definition) is 4. The zero-order chi connectivity index (χ0) is 15.4. The summed E-state index contributed by atoms with van der Waals surface area (Å²) in [4.78, 5) is 36.6. The second-order valence-corrected chi connectivity index (χ2v) is 5.92. The van der Waals surface area contributed by atoms with Crippen LogP contribution in [-0.2, 0) is 9.59 Å². The maximum absolute atomic E-state index is 12.2. The second-order valence-electron chi connectivity index (χ2n) is 4.94. The molecule has 2 atom stereocenters. The third-order valence-corrected chi connectivity index (χ3v) is 4.46. The Morgan fingerprint density at radius 3 is 2.81 bits per heavy atom. The van der Waals surface area contributed by atoms with Crippen LogP contribution in [-0.4, -0.2) is 41.0 Å². The fourth-order valence-electron chi connectivity index (χ4n) is 2.38. The molecule has 0 aromatic carbocycles. The van der Waals surface area contributed by atoms with Crippen LogP contribution in [0, 0.1) is 5.92 Å². The minimum Gasteiger partial charge on any atom is -0.481 e. The predicted octanol–water partition coefficient (Wildman–Crippen LogP) is 0.781. The number of thiophene rings is 1. The van der Waals surface area contributed by atoms with Gasteiger partial charge in [0.1, 0.15) is 0 Å². The van der Waals surface area contributed by atoms with E-state index in [0.29, 0.717) is 13.0 Å². The number of carbonyl (C=O) groups is 3. The fourth-order valence-corrected chi connectivity index (χ4v) is 3.15. The number of carboxylic acids is 1. The SMILES string of the molecule is NC(=O)NC(CC(=O)N1CCC(C(=O)O)C1)c1cccs1. The van der Waals surface area contributed by atoms with E-state index >= 15 is 0 Å². The zero-order valence-corrected chi connectivity index (χ0v) is 12.1. The van der Waals surface area contributed by atoms with E-state index in [1.165, 1.54) is 16.2 Å². The van der Waals surface area contributed by atoms with E-state index in [4.69, 9.17) is 10.8 Å². The summed E-state index contributed by atoms with van der Waals surface area (Å²) in [6.45, 7) is 0.658. The van der Waals surface area contributed by atoms with Gasteiger partial charge in [-0.05, 0) is 17.9 Å². The Morgan fingerprint density at radius 1 is 1.52 bits per heavy atom. The van der Waals surface area contributed by atoms with Crippen LogP contribution in [0.25, 0.3) is 0 Å². The lowest BCUT2D eigenvalue weighted by Crippen LogP contribution is -2.37. The Hall–Kier alpha value is -2.09. The fraction of sp³-hybridized carbons (Fsp3) is 0.462. The first-order valence-electron chi connectivity index (χ1n) is 6.57. The molecule has 0 bridgehead atoms. The van der Waals surface area contributed by atoms with Crippen molar-refractivity contribution in [1.82, 2.24) is 10.2 Å². The molecule has 1 saturated heterocycles. The summed E-state index contributed by atoms with van der Waals surface area (Å²) in [6.07, 6.45) is 0.545. The summed E-state index contributed by atoms with van der Waals surface area (Å²) in [5, 5.41) is 13.4. The van der Waals surface area contributed by atoms with E-state index < -0.39 is 24.0 Å². The Balaban J connectivity index is 1.99. The van der Waals surface area contributed by atoms with Crippen LogP contribution in [0.2, 0.25) is 0 Å². The normalized spacial score (nSPS) is 19.2. The lowest BCUT2D eigenvalue weighted by atomic mass is 10.1. The van der Waals surface area contributed by atoms with Gasteiger partial charge in [-0.2, -0.15) is 0 Å². The Kier molecular flexibility index (Phi) is 4.79. The number of rotatable bonds is 5. The van der Waals surface area contributed by atoms with Crippen molar-refractivity contribution in [2.24, 2.45) is 11.7 Å². The molecule has 0 radical (unpaired) electrons. The Morgan fingerprint density at radius 2 is 2.29 bits per heavy atom. The number of carbonyl (C=O) groups excluding carboxylic acids is 2. The van der Waals surface area contributed by atoms with Gasteiger partial charge in [-0.15, -0.1) is 11.3 Å². The van der Waals surface area contributed by atoms with Gasteiger partial charge in [-0.25, -0.2) is 4.79 Å². The first-order chi connectivity index (χ1) is 9.97.